The molecule has 4 rings (SSSR count). The number of rotatable bonds is 5. The van der Waals surface area contributed by atoms with Gasteiger partial charge in [0.15, 0.2) is 0 Å². The highest BCUT2D eigenvalue weighted by molar-refractivity contribution is 5.93. The Bertz CT molecular complexity index is 987. The van der Waals surface area contributed by atoms with Gasteiger partial charge in [-0.25, -0.2) is 9.37 Å². The van der Waals surface area contributed by atoms with Crippen LogP contribution in [0.2, 0.25) is 0 Å². The van der Waals surface area contributed by atoms with Crippen molar-refractivity contribution in [3.63, 3.8) is 0 Å². The van der Waals surface area contributed by atoms with Crippen LogP contribution in [0.4, 0.5) is 4.39 Å². The summed E-state index contributed by atoms with van der Waals surface area (Å²) in [6.45, 7) is 1.81. The first kappa shape index (κ1) is 19.2. The summed E-state index contributed by atoms with van der Waals surface area (Å²) < 4.78 is 20.9. The van der Waals surface area contributed by atoms with Crippen molar-refractivity contribution < 1.29 is 13.9 Å². The lowest BCUT2D eigenvalue weighted by Crippen LogP contribution is -2.42. The Morgan fingerprint density at radius 2 is 2.03 bits per heavy atom. The van der Waals surface area contributed by atoms with Crippen LogP contribution in [0.1, 0.15) is 23.3 Å². The third kappa shape index (κ3) is 4.31. The maximum absolute atomic E-state index is 13.3. The summed E-state index contributed by atoms with van der Waals surface area (Å²) in [5.41, 5.74) is 1.56. The summed E-state index contributed by atoms with van der Waals surface area (Å²) in [5.74, 6) is 1.19. The molecule has 1 unspecified atom stereocenters. The smallest absolute Gasteiger partial charge is 0.272 e. The first-order valence-corrected chi connectivity index (χ1v) is 9.86. The highest BCUT2D eigenvalue weighted by atomic mass is 19.1. The van der Waals surface area contributed by atoms with E-state index in [1.807, 2.05) is 46.8 Å². The topological polar surface area (TPSA) is 47.4 Å². The van der Waals surface area contributed by atoms with E-state index in [9.17, 15) is 9.18 Å². The van der Waals surface area contributed by atoms with Gasteiger partial charge in [-0.2, -0.15) is 0 Å². The fourth-order valence-corrected chi connectivity index (χ4v) is 3.78. The van der Waals surface area contributed by atoms with Crippen LogP contribution in [0.15, 0.2) is 60.8 Å². The number of amides is 1. The number of ether oxygens (including phenoxy) is 1. The molecule has 5 nitrogen and oxygen atoms in total. The van der Waals surface area contributed by atoms with Gasteiger partial charge in [0.1, 0.15) is 23.1 Å². The molecule has 0 bridgehead atoms. The predicted molar refractivity (Wildman–Crippen MR) is 109 cm³/mol. The second kappa shape index (κ2) is 8.47. The predicted octanol–water partition coefficient (Wildman–Crippen LogP) is 4.16. The minimum absolute atomic E-state index is 0.0161. The first-order chi connectivity index (χ1) is 14.1. The number of piperidine rings is 1. The van der Waals surface area contributed by atoms with Crippen LogP contribution < -0.4 is 4.74 Å². The molecule has 2 aromatic carbocycles. The van der Waals surface area contributed by atoms with Crippen LogP contribution in [0.3, 0.4) is 0 Å². The number of hydrogen-bond acceptors (Lipinski definition) is 3. The van der Waals surface area contributed by atoms with Gasteiger partial charge in [0.2, 0.25) is 0 Å². The van der Waals surface area contributed by atoms with Crippen LogP contribution in [-0.2, 0) is 7.05 Å². The van der Waals surface area contributed by atoms with Crippen molar-refractivity contribution >= 4 is 5.91 Å². The van der Waals surface area contributed by atoms with Gasteiger partial charge >= 0.3 is 0 Å². The van der Waals surface area contributed by atoms with Crippen LogP contribution >= 0.6 is 0 Å². The number of hydrogen-bond donors (Lipinski definition) is 0. The Kier molecular flexibility index (Phi) is 5.60. The van der Waals surface area contributed by atoms with Crippen molar-refractivity contribution in [1.82, 2.24) is 14.5 Å². The van der Waals surface area contributed by atoms with E-state index in [2.05, 4.69) is 4.98 Å². The Morgan fingerprint density at radius 3 is 2.83 bits per heavy atom. The largest absolute Gasteiger partial charge is 0.493 e. The zero-order valence-electron chi connectivity index (χ0n) is 16.4. The van der Waals surface area contributed by atoms with E-state index in [4.69, 9.17) is 4.74 Å². The fourth-order valence-electron chi connectivity index (χ4n) is 3.78. The molecule has 29 heavy (non-hydrogen) atoms. The Morgan fingerprint density at radius 1 is 1.21 bits per heavy atom. The minimum Gasteiger partial charge on any atom is -0.493 e. The second-order valence-electron chi connectivity index (χ2n) is 7.42. The summed E-state index contributed by atoms with van der Waals surface area (Å²) >= 11 is 0. The van der Waals surface area contributed by atoms with E-state index in [0.29, 0.717) is 24.6 Å². The summed E-state index contributed by atoms with van der Waals surface area (Å²) in [4.78, 5) is 19.4. The molecule has 1 aromatic heterocycles. The van der Waals surface area contributed by atoms with Crippen molar-refractivity contribution in [3.05, 3.63) is 72.3 Å². The number of likely N-dealkylation sites (tertiary alicyclic amines) is 1. The average Bonchev–Trinajstić information content (AvgIpc) is 3.14. The molecule has 1 atom stereocenters. The van der Waals surface area contributed by atoms with Gasteiger partial charge in [-0.3, -0.25) is 4.79 Å². The molecule has 0 N–H and O–H groups in total. The van der Waals surface area contributed by atoms with Crippen molar-refractivity contribution in [2.24, 2.45) is 13.0 Å². The fraction of sp³-hybridized carbons (Fsp3) is 0.304. The summed E-state index contributed by atoms with van der Waals surface area (Å²) in [6.07, 6.45) is 3.56. The van der Waals surface area contributed by atoms with Crippen molar-refractivity contribution in [3.8, 4) is 17.1 Å². The third-order valence-electron chi connectivity index (χ3n) is 5.33. The number of halogens is 1. The monoisotopic (exact) mass is 393 g/mol. The van der Waals surface area contributed by atoms with Gasteiger partial charge in [-0.05, 0) is 25.0 Å². The lowest BCUT2D eigenvalue weighted by molar-refractivity contribution is 0.0624. The van der Waals surface area contributed by atoms with Gasteiger partial charge in [0, 0.05) is 37.7 Å². The molecule has 0 aliphatic carbocycles. The molecule has 1 aliphatic heterocycles. The summed E-state index contributed by atoms with van der Waals surface area (Å²) in [6, 6.07) is 16.0. The third-order valence-corrected chi connectivity index (χ3v) is 5.33. The zero-order valence-corrected chi connectivity index (χ0v) is 16.4. The SMILES string of the molecule is Cn1c(C(=O)N2CCCC(COc3cccc(F)c3)C2)cnc1-c1ccccc1. The van der Waals surface area contributed by atoms with Gasteiger partial charge in [-0.1, -0.05) is 36.4 Å². The van der Waals surface area contributed by atoms with E-state index in [0.717, 1.165) is 30.8 Å². The number of benzene rings is 2. The summed E-state index contributed by atoms with van der Waals surface area (Å²) in [5, 5.41) is 0. The maximum atomic E-state index is 13.3. The zero-order chi connectivity index (χ0) is 20.2. The lowest BCUT2D eigenvalue weighted by atomic mass is 9.98. The molecule has 1 fully saturated rings. The van der Waals surface area contributed by atoms with Gasteiger partial charge < -0.3 is 14.2 Å². The van der Waals surface area contributed by atoms with E-state index >= 15 is 0 Å². The van der Waals surface area contributed by atoms with E-state index in [1.54, 1.807) is 18.3 Å². The van der Waals surface area contributed by atoms with Crippen LogP contribution in [0, 0.1) is 11.7 Å². The van der Waals surface area contributed by atoms with E-state index in [1.165, 1.54) is 12.1 Å². The minimum atomic E-state index is -0.312. The van der Waals surface area contributed by atoms with E-state index < -0.39 is 0 Å². The molecule has 0 radical (unpaired) electrons. The number of imidazole rings is 1. The van der Waals surface area contributed by atoms with Crippen LogP contribution in [-0.4, -0.2) is 40.1 Å². The second-order valence-corrected chi connectivity index (χ2v) is 7.42. The standard InChI is InChI=1S/C23H24FN3O2/c1-26-21(14-25-22(26)18-8-3-2-4-9-18)23(28)27-12-6-7-17(15-27)16-29-20-11-5-10-19(24)13-20/h2-5,8-11,13-14,17H,6-7,12,15-16H2,1H3. The Balaban J connectivity index is 1.42. The molecule has 3 aromatic rings. The van der Waals surface area contributed by atoms with Crippen molar-refractivity contribution in [2.75, 3.05) is 19.7 Å². The Labute approximate surface area is 169 Å². The van der Waals surface area contributed by atoms with Crippen molar-refractivity contribution in [1.29, 1.82) is 0 Å². The average molecular weight is 393 g/mol. The molecule has 0 saturated carbocycles. The molecule has 1 saturated heterocycles. The number of carbonyl (C=O) groups is 1. The molecule has 1 aliphatic rings. The van der Waals surface area contributed by atoms with E-state index in [-0.39, 0.29) is 17.6 Å². The number of nitrogens with zero attached hydrogens (tertiary/aromatic N) is 3. The van der Waals surface area contributed by atoms with Crippen LogP contribution in [0.5, 0.6) is 5.75 Å². The molecule has 1 amide bonds. The van der Waals surface area contributed by atoms with Gasteiger partial charge in [0.25, 0.3) is 5.91 Å². The van der Waals surface area contributed by atoms with Crippen molar-refractivity contribution in [2.45, 2.75) is 12.8 Å². The molecule has 0 spiro atoms. The molecular formula is C23H24FN3O2. The molecular weight excluding hydrogens is 369 g/mol. The highest BCUT2D eigenvalue weighted by Gasteiger charge is 2.27. The summed E-state index contributed by atoms with van der Waals surface area (Å²) in [7, 11) is 1.87. The number of carbonyl (C=O) groups excluding carboxylic acids is 1. The van der Waals surface area contributed by atoms with Gasteiger partial charge in [0.05, 0.1) is 12.8 Å². The normalized spacial score (nSPS) is 16.6. The molecule has 6 heteroatoms. The lowest BCUT2D eigenvalue weighted by Gasteiger charge is -2.32. The molecule has 150 valence electrons. The maximum Gasteiger partial charge on any atom is 0.272 e. The molecule has 2 heterocycles. The van der Waals surface area contributed by atoms with Gasteiger partial charge in [-0.15, -0.1) is 0 Å². The highest BCUT2D eigenvalue weighted by Crippen LogP contribution is 2.23. The quantitative estimate of drug-likeness (QED) is 0.654. The number of aromatic nitrogens is 2. The first-order valence-electron chi connectivity index (χ1n) is 9.86. The van der Waals surface area contributed by atoms with Crippen LogP contribution in [0.25, 0.3) is 11.4 Å². The Hall–Kier alpha value is -3.15.